The molecule has 5 nitrogen and oxygen atoms in total. The van der Waals surface area contributed by atoms with E-state index in [0.717, 1.165) is 32.2 Å². The summed E-state index contributed by atoms with van der Waals surface area (Å²) in [7, 11) is 1.82. The molecule has 1 atom stereocenters. The van der Waals surface area contributed by atoms with Crippen LogP contribution in [0.1, 0.15) is 25.7 Å². The minimum absolute atomic E-state index is 0.0112. The predicted octanol–water partition coefficient (Wildman–Crippen LogP) is 1.68. The van der Waals surface area contributed by atoms with Crippen molar-refractivity contribution in [3.63, 3.8) is 0 Å². The first-order chi connectivity index (χ1) is 10.6. The topological polar surface area (TPSA) is 49.9 Å². The lowest BCUT2D eigenvalue weighted by molar-refractivity contribution is -0.155. The smallest absolute Gasteiger partial charge is 0.261 e. The third-order valence-corrected chi connectivity index (χ3v) is 4.72. The molecule has 0 N–H and O–H groups in total. The van der Waals surface area contributed by atoms with E-state index in [0.29, 0.717) is 12.3 Å². The Labute approximate surface area is 130 Å². The molecule has 5 heteroatoms. The van der Waals surface area contributed by atoms with E-state index >= 15 is 0 Å². The second-order valence-electron chi connectivity index (χ2n) is 6.11. The SMILES string of the molecule is CN1CCCC2(CCCN2C(=O)COc2ccccc2)C1=O. The van der Waals surface area contributed by atoms with Crippen LogP contribution < -0.4 is 4.74 Å². The minimum atomic E-state index is -0.621. The van der Waals surface area contributed by atoms with Crippen molar-refractivity contribution in [3.05, 3.63) is 30.3 Å². The summed E-state index contributed by atoms with van der Waals surface area (Å²) in [6.07, 6.45) is 3.38. The summed E-state index contributed by atoms with van der Waals surface area (Å²) in [6.45, 7) is 1.42. The fourth-order valence-electron chi connectivity index (χ4n) is 3.64. The highest BCUT2D eigenvalue weighted by Crippen LogP contribution is 2.37. The zero-order valence-electron chi connectivity index (χ0n) is 13.0. The van der Waals surface area contributed by atoms with Crippen molar-refractivity contribution in [2.45, 2.75) is 31.2 Å². The Morgan fingerprint density at radius 2 is 1.86 bits per heavy atom. The first kappa shape index (κ1) is 14.9. The van der Waals surface area contributed by atoms with E-state index in [2.05, 4.69) is 0 Å². The Bertz CT molecular complexity index is 560. The number of carbonyl (C=O) groups is 2. The van der Waals surface area contributed by atoms with Crippen molar-refractivity contribution in [3.8, 4) is 5.75 Å². The summed E-state index contributed by atoms with van der Waals surface area (Å²) in [5.74, 6) is 0.672. The van der Waals surface area contributed by atoms with Gasteiger partial charge in [0.05, 0.1) is 0 Å². The van der Waals surface area contributed by atoms with Crippen molar-refractivity contribution in [1.82, 2.24) is 9.80 Å². The van der Waals surface area contributed by atoms with E-state index < -0.39 is 5.54 Å². The van der Waals surface area contributed by atoms with Gasteiger partial charge >= 0.3 is 0 Å². The number of hydrogen-bond donors (Lipinski definition) is 0. The first-order valence-corrected chi connectivity index (χ1v) is 7.87. The number of hydrogen-bond acceptors (Lipinski definition) is 3. The number of benzene rings is 1. The van der Waals surface area contributed by atoms with E-state index in [1.165, 1.54) is 0 Å². The molecule has 1 spiro atoms. The van der Waals surface area contributed by atoms with Crippen LogP contribution in [0.3, 0.4) is 0 Å². The van der Waals surface area contributed by atoms with Crippen molar-refractivity contribution < 1.29 is 14.3 Å². The van der Waals surface area contributed by atoms with E-state index in [9.17, 15) is 9.59 Å². The molecule has 3 rings (SSSR count). The van der Waals surface area contributed by atoms with E-state index in [1.54, 1.807) is 9.80 Å². The Kier molecular flexibility index (Phi) is 4.05. The number of amides is 2. The van der Waals surface area contributed by atoms with Gasteiger partial charge in [0, 0.05) is 20.1 Å². The van der Waals surface area contributed by atoms with Crippen LogP contribution in [0.2, 0.25) is 0 Å². The summed E-state index contributed by atoms with van der Waals surface area (Å²) in [5.41, 5.74) is -0.621. The number of para-hydroxylation sites is 1. The molecular weight excluding hydrogens is 280 g/mol. The van der Waals surface area contributed by atoms with Gasteiger partial charge in [0.15, 0.2) is 6.61 Å². The summed E-state index contributed by atoms with van der Waals surface area (Å²) in [6, 6.07) is 9.30. The molecule has 0 saturated carbocycles. The van der Waals surface area contributed by atoms with Crippen LogP contribution in [0.25, 0.3) is 0 Å². The van der Waals surface area contributed by atoms with Gasteiger partial charge in [-0.3, -0.25) is 9.59 Å². The van der Waals surface area contributed by atoms with Crippen LogP contribution >= 0.6 is 0 Å². The second kappa shape index (κ2) is 5.99. The molecule has 2 heterocycles. The van der Waals surface area contributed by atoms with Crippen LogP contribution in [0.4, 0.5) is 0 Å². The van der Waals surface area contributed by atoms with Crippen molar-refractivity contribution in [1.29, 1.82) is 0 Å². The van der Waals surface area contributed by atoms with Crippen LogP contribution in [0, 0.1) is 0 Å². The maximum Gasteiger partial charge on any atom is 0.261 e. The summed E-state index contributed by atoms with van der Waals surface area (Å²) in [5, 5.41) is 0. The summed E-state index contributed by atoms with van der Waals surface area (Å²) >= 11 is 0. The molecular formula is C17H22N2O3. The summed E-state index contributed by atoms with van der Waals surface area (Å²) < 4.78 is 5.56. The summed E-state index contributed by atoms with van der Waals surface area (Å²) in [4.78, 5) is 28.7. The molecule has 118 valence electrons. The fraction of sp³-hybridized carbons (Fsp3) is 0.529. The highest BCUT2D eigenvalue weighted by Gasteiger charge is 2.51. The molecule has 2 saturated heterocycles. The number of ether oxygens (including phenoxy) is 1. The number of likely N-dealkylation sites (tertiary alicyclic amines) is 2. The molecule has 0 bridgehead atoms. The van der Waals surface area contributed by atoms with Crippen LogP contribution in [-0.2, 0) is 9.59 Å². The molecule has 0 aromatic heterocycles. The molecule has 2 fully saturated rings. The Morgan fingerprint density at radius 3 is 2.59 bits per heavy atom. The fourth-order valence-corrected chi connectivity index (χ4v) is 3.64. The molecule has 1 aromatic carbocycles. The Balaban J connectivity index is 1.70. The van der Waals surface area contributed by atoms with Gasteiger partial charge in [0.2, 0.25) is 5.91 Å². The monoisotopic (exact) mass is 302 g/mol. The van der Waals surface area contributed by atoms with Crippen molar-refractivity contribution >= 4 is 11.8 Å². The molecule has 2 aliphatic rings. The van der Waals surface area contributed by atoms with Gasteiger partial charge in [0.1, 0.15) is 11.3 Å². The quantitative estimate of drug-likeness (QED) is 0.853. The molecule has 0 aliphatic carbocycles. The maximum absolute atomic E-state index is 12.6. The number of nitrogens with zero attached hydrogens (tertiary/aromatic N) is 2. The molecule has 1 unspecified atom stereocenters. The third kappa shape index (κ3) is 2.56. The van der Waals surface area contributed by atoms with Gasteiger partial charge in [-0.05, 0) is 37.8 Å². The van der Waals surface area contributed by atoms with Gasteiger partial charge in [-0.2, -0.15) is 0 Å². The average Bonchev–Trinajstić information content (AvgIpc) is 2.96. The second-order valence-corrected chi connectivity index (χ2v) is 6.11. The number of carbonyl (C=O) groups excluding carboxylic acids is 2. The Hall–Kier alpha value is -2.04. The minimum Gasteiger partial charge on any atom is -0.484 e. The van der Waals surface area contributed by atoms with E-state index in [4.69, 9.17) is 4.74 Å². The number of likely N-dealkylation sites (N-methyl/N-ethyl adjacent to an activating group) is 1. The zero-order valence-corrected chi connectivity index (χ0v) is 13.0. The molecule has 1 aromatic rings. The normalized spacial score (nSPS) is 24.9. The lowest BCUT2D eigenvalue weighted by Gasteiger charge is -2.43. The van der Waals surface area contributed by atoms with Gasteiger partial charge in [-0.1, -0.05) is 18.2 Å². The third-order valence-electron chi connectivity index (χ3n) is 4.72. The lowest BCUT2D eigenvalue weighted by Crippen LogP contribution is -2.61. The van der Waals surface area contributed by atoms with Gasteiger partial charge in [0.25, 0.3) is 5.91 Å². The first-order valence-electron chi connectivity index (χ1n) is 7.87. The molecule has 2 aliphatic heterocycles. The van der Waals surface area contributed by atoms with Crippen LogP contribution in [-0.4, -0.2) is 53.9 Å². The molecule has 22 heavy (non-hydrogen) atoms. The Morgan fingerprint density at radius 1 is 1.18 bits per heavy atom. The van der Waals surface area contributed by atoms with Crippen LogP contribution in [0.5, 0.6) is 5.75 Å². The van der Waals surface area contributed by atoms with Crippen molar-refractivity contribution in [2.24, 2.45) is 0 Å². The van der Waals surface area contributed by atoms with Gasteiger partial charge in [-0.25, -0.2) is 0 Å². The van der Waals surface area contributed by atoms with Gasteiger partial charge < -0.3 is 14.5 Å². The lowest BCUT2D eigenvalue weighted by atomic mass is 9.85. The molecule has 2 amide bonds. The largest absolute Gasteiger partial charge is 0.484 e. The van der Waals surface area contributed by atoms with Gasteiger partial charge in [-0.15, -0.1) is 0 Å². The van der Waals surface area contributed by atoms with E-state index in [1.807, 2.05) is 37.4 Å². The van der Waals surface area contributed by atoms with E-state index in [-0.39, 0.29) is 18.4 Å². The highest BCUT2D eigenvalue weighted by atomic mass is 16.5. The maximum atomic E-state index is 12.6. The van der Waals surface area contributed by atoms with Crippen molar-refractivity contribution in [2.75, 3.05) is 26.7 Å². The number of rotatable bonds is 3. The predicted molar refractivity (Wildman–Crippen MR) is 82.5 cm³/mol. The standard InChI is InChI=1S/C17H22N2O3/c1-18-11-5-9-17(16(18)21)10-6-12-19(17)15(20)13-22-14-7-3-2-4-8-14/h2-4,7-8H,5-6,9-13H2,1H3. The average molecular weight is 302 g/mol. The van der Waals surface area contributed by atoms with Crippen LogP contribution in [0.15, 0.2) is 30.3 Å². The molecule has 0 radical (unpaired) electrons. The number of piperidine rings is 1. The highest BCUT2D eigenvalue weighted by molar-refractivity contribution is 5.93. The zero-order chi connectivity index (χ0) is 15.6.